The van der Waals surface area contributed by atoms with Gasteiger partial charge in [0.15, 0.2) is 0 Å². The second-order valence-electron chi connectivity index (χ2n) is 5.47. The summed E-state index contributed by atoms with van der Waals surface area (Å²) in [4.78, 5) is 25.1. The molecule has 1 fully saturated rings. The van der Waals surface area contributed by atoms with Crippen LogP contribution in [0.3, 0.4) is 0 Å². The van der Waals surface area contributed by atoms with Gasteiger partial charge < -0.3 is 10.0 Å². The molecule has 1 N–H and O–H groups in total. The van der Waals surface area contributed by atoms with Crippen LogP contribution in [0, 0.1) is 5.92 Å². The third kappa shape index (κ3) is 3.94. The summed E-state index contributed by atoms with van der Waals surface area (Å²) in [5.74, 6) is -1.25. The van der Waals surface area contributed by atoms with Crippen molar-refractivity contribution >= 4 is 11.9 Å². The van der Waals surface area contributed by atoms with Gasteiger partial charge in [-0.05, 0) is 18.4 Å². The van der Waals surface area contributed by atoms with Gasteiger partial charge in [0.25, 0.3) is 0 Å². The second kappa shape index (κ2) is 7.07. The van der Waals surface area contributed by atoms with Crippen LogP contribution in [0.1, 0.15) is 30.7 Å². The van der Waals surface area contributed by atoms with Gasteiger partial charge in [0, 0.05) is 25.4 Å². The van der Waals surface area contributed by atoms with Crippen LogP contribution < -0.4 is 0 Å². The minimum Gasteiger partial charge on any atom is -0.481 e. The molecule has 112 valence electrons. The third-order valence-electron chi connectivity index (χ3n) is 4.03. The normalized spacial score (nSPS) is 19.8. The summed E-state index contributed by atoms with van der Waals surface area (Å²) < 4.78 is 0. The highest BCUT2D eigenvalue weighted by molar-refractivity contribution is 5.79. The number of piperidine rings is 1. The van der Waals surface area contributed by atoms with Gasteiger partial charge in [0.1, 0.15) is 0 Å². The molecule has 21 heavy (non-hydrogen) atoms. The molecule has 4 heteroatoms. The molecule has 4 nitrogen and oxygen atoms in total. The minimum atomic E-state index is -0.809. The summed E-state index contributed by atoms with van der Waals surface area (Å²) in [7, 11) is 0. The number of hydrogen-bond acceptors (Lipinski definition) is 2. The fourth-order valence-electron chi connectivity index (χ4n) is 2.76. The quantitative estimate of drug-likeness (QED) is 0.847. The van der Waals surface area contributed by atoms with Gasteiger partial charge in [-0.25, -0.2) is 0 Å². The molecule has 0 radical (unpaired) electrons. The second-order valence-corrected chi connectivity index (χ2v) is 5.47. The molecule has 1 amide bonds. The zero-order valence-electron chi connectivity index (χ0n) is 12.1. The van der Waals surface area contributed by atoms with Crippen LogP contribution in [0.5, 0.6) is 0 Å². The fourth-order valence-corrected chi connectivity index (χ4v) is 2.76. The van der Waals surface area contributed by atoms with Crippen molar-refractivity contribution in [3.8, 4) is 0 Å². The van der Waals surface area contributed by atoms with Crippen molar-refractivity contribution in [2.45, 2.75) is 25.2 Å². The van der Waals surface area contributed by atoms with E-state index in [1.54, 1.807) is 11.0 Å². The first-order valence-corrected chi connectivity index (χ1v) is 7.30. The van der Waals surface area contributed by atoms with Crippen molar-refractivity contribution in [3.63, 3.8) is 0 Å². The van der Waals surface area contributed by atoms with E-state index in [1.807, 2.05) is 30.3 Å². The highest BCUT2D eigenvalue weighted by Gasteiger charge is 2.28. The number of carboxylic acids is 1. The maximum atomic E-state index is 12.4. The van der Waals surface area contributed by atoms with Gasteiger partial charge in [0.2, 0.25) is 5.91 Å². The molecule has 0 bridgehead atoms. The molecular weight excluding hydrogens is 266 g/mol. The summed E-state index contributed by atoms with van der Waals surface area (Å²) >= 11 is 0. The van der Waals surface area contributed by atoms with Gasteiger partial charge in [-0.1, -0.05) is 36.4 Å². The number of likely N-dealkylation sites (tertiary alicyclic amines) is 1. The van der Waals surface area contributed by atoms with Crippen molar-refractivity contribution in [2.75, 3.05) is 13.1 Å². The van der Waals surface area contributed by atoms with E-state index in [4.69, 9.17) is 5.11 Å². The maximum Gasteiger partial charge on any atom is 0.308 e. The summed E-state index contributed by atoms with van der Waals surface area (Å²) in [5, 5.41) is 9.09. The van der Waals surface area contributed by atoms with E-state index >= 15 is 0 Å². The Kier molecular flexibility index (Phi) is 5.14. The molecule has 1 aromatic carbocycles. The third-order valence-corrected chi connectivity index (χ3v) is 4.03. The Balaban J connectivity index is 1.99. The fraction of sp³-hybridized carbons (Fsp3) is 0.412. The maximum absolute atomic E-state index is 12.4. The molecule has 0 saturated carbocycles. The number of aliphatic carboxylic acids is 1. The number of rotatable bonds is 5. The molecule has 2 atom stereocenters. The Bertz CT molecular complexity index is 512. The van der Waals surface area contributed by atoms with E-state index in [-0.39, 0.29) is 11.8 Å². The Morgan fingerprint density at radius 2 is 2.10 bits per heavy atom. The minimum absolute atomic E-state index is 0.00898. The van der Waals surface area contributed by atoms with Crippen LogP contribution in [-0.4, -0.2) is 35.0 Å². The first-order valence-electron chi connectivity index (χ1n) is 7.30. The number of benzene rings is 1. The van der Waals surface area contributed by atoms with Crippen LogP contribution in [0.2, 0.25) is 0 Å². The van der Waals surface area contributed by atoms with E-state index in [9.17, 15) is 9.59 Å². The van der Waals surface area contributed by atoms with Crippen molar-refractivity contribution in [1.82, 2.24) is 4.90 Å². The summed E-state index contributed by atoms with van der Waals surface area (Å²) in [6.07, 6.45) is 3.54. The topological polar surface area (TPSA) is 57.6 Å². The first-order chi connectivity index (χ1) is 10.1. The summed E-state index contributed by atoms with van der Waals surface area (Å²) in [5.41, 5.74) is 1.06. The molecule has 0 aliphatic carbocycles. The molecule has 1 aromatic rings. The number of hydrogen-bond donors (Lipinski definition) is 1. The van der Waals surface area contributed by atoms with Crippen LogP contribution >= 0.6 is 0 Å². The van der Waals surface area contributed by atoms with Crippen LogP contribution in [-0.2, 0) is 9.59 Å². The van der Waals surface area contributed by atoms with Crippen LogP contribution in [0.15, 0.2) is 43.0 Å². The molecule has 1 saturated heterocycles. The highest BCUT2D eigenvalue weighted by Crippen LogP contribution is 2.24. The van der Waals surface area contributed by atoms with Crippen molar-refractivity contribution in [1.29, 1.82) is 0 Å². The van der Waals surface area contributed by atoms with Gasteiger partial charge >= 0.3 is 5.97 Å². The number of amides is 1. The van der Waals surface area contributed by atoms with Crippen molar-refractivity contribution < 1.29 is 14.7 Å². The van der Waals surface area contributed by atoms with Crippen LogP contribution in [0.25, 0.3) is 0 Å². The predicted octanol–water partition coefficient (Wildman–Crippen LogP) is 2.67. The summed E-state index contributed by atoms with van der Waals surface area (Å²) in [6, 6.07) is 9.79. The van der Waals surface area contributed by atoms with Gasteiger partial charge in [-0.15, -0.1) is 6.58 Å². The number of nitrogens with zero attached hydrogens (tertiary/aromatic N) is 1. The molecule has 1 aliphatic heterocycles. The summed E-state index contributed by atoms with van der Waals surface area (Å²) in [6.45, 7) is 4.79. The molecular formula is C17H21NO3. The number of carboxylic acid groups (broad SMARTS) is 1. The number of carbonyl (C=O) groups excluding carboxylic acids is 1. The zero-order valence-corrected chi connectivity index (χ0v) is 12.1. The Morgan fingerprint density at radius 3 is 2.71 bits per heavy atom. The monoisotopic (exact) mass is 287 g/mol. The van der Waals surface area contributed by atoms with E-state index in [1.165, 1.54) is 0 Å². The largest absolute Gasteiger partial charge is 0.481 e. The highest BCUT2D eigenvalue weighted by atomic mass is 16.4. The number of carbonyl (C=O) groups is 2. The lowest BCUT2D eigenvalue weighted by atomic mass is 9.93. The van der Waals surface area contributed by atoms with E-state index < -0.39 is 11.9 Å². The molecule has 0 aromatic heterocycles. The molecule has 1 heterocycles. The van der Waals surface area contributed by atoms with E-state index in [0.717, 1.165) is 12.0 Å². The van der Waals surface area contributed by atoms with Gasteiger partial charge in [-0.3, -0.25) is 9.59 Å². The average Bonchev–Trinajstić information content (AvgIpc) is 2.53. The first kappa shape index (κ1) is 15.3. The lowest BCUT2D eigenvalue weighted by Crippen LogP contribution is -2.42. The molecule has 2 rings (SSSR count). The van der Waals surface area contributed by atoms with Gasteiger partial charge in [0.05, 0.1) is 5.92 Å². The zero-order chi connectivity index (χ0) is 15.2. The molecule has 0 spiro atoms. The number of allylic oxidation sites excluding steroid dienone is 1. The lowest BCUT2D eigenvalue weighted by molar-refractivity contribution is -0.145. The van der Waals surface area contributed by atoms with Crippen LogP contribution in [0.4, 0.5) is 0 Å². The van der Waals surface area contributed by atoms with E-state index in [0.29, 0.717) is 25.9 Å². The molecule has 1 aliphatic rings. The molecule has 0 unspecified atom stereocenters. The SMILES string of the molecule is C=C[C@@H](CC(=O)N1CCC[C@@H](C(=O)O)C1)c1ccccc1. The van der Waals surface area contributed by atoms with E-state index in [2.05, 4.69) is 6.58 Å². The van der Waals surface area contributed by atoms with Gasteiger partial charge in [-0.2, -0.15) is 0 Å². The Hall–Kier alpha value is -2.10. The average molecular weight is 287 g/mol. The Morgan fingerprint density at radius 1 is 1.38 bits per heavy atom. The lowest BCUT2D eigenvalue weighted by Gasteiger charge is -2.31. The Labute approximate surface area is 125 Å². The standard InChI is InChI=1S/C17H21NO3/c1-2-13(14-7-4-3-5-8-14)11-16(19)18-10-6-9-15(12-18)17(20)21/h2-5,7-8,13,15H,1,6,9-12H2,(H,20,21)/t13-,15+/m0/s1. The smallest absolute Gasteiger partial charge is 0.308 e. The van der Waals surface area contributed by atoms with Crippen molar-refractivity contribution in [2.24, 2.45) is 5.92 Å². The predicted molar refractivity (Wildman–Crippen MR) is 80.9 cm³/mol. The van der Waals surface area contributed by atoms with Crippen molar-refractivity contribution in [3.05, 3.63) is 48.6 Å².